The fourth-order valence-corrected chi connectivity index (χ4v) is 1.43. The maximum absolute atomic E-state index is 12.7. The van der Waals surface area contributed by atoms with Crippen molar-refractivity contribution in [3.8, 4) is 0 Å². The molecule has 19 heavy (non-hydrogen) atoms. The summed E-state index contributed by atoms with van der Waals surface area (Å²) in [4.78, 5) is 0. The molecule has 1 fully saturated rings. The third-order valence-corrected chi connectivity index (χ3v) is 2.51. The minimum Gasteiger partial charge on any atom is -0.197 e. The smallest absolute Gasteiger partial charge is 0.197 e. The fraction of sp³-hybridized carbons (Fsp3) is 1.00. The lowest BCUT2D eigenvalue weighted by Crippen LogP contribution is -2.81. The van der Waals surface area contributed by atoms with E-state index in [1.807, 2.05) is 0 Å². The van der Waals surface area contributed by atoms with Crippen molar-refractivity contribution in [3.05, 3.63) is 0 Å². The Hall–Kier alpha value is -0.880. The molecule has 1 aliphatic carbocycles. The van der Waals surface area contributed by atoms with Crippen molar-refractivity contribution in [1.82, 2.24) is 5.34 Å². The highest BCUT2D eigenvalue weighted by molar-refractivity contribution is 5.21. The highest BCUT2D eigenvalue weighted by Gasteiger charge is 2.96. The van der Waals surface area contributed by atoms with Gasteiger partial charge in [-0.1, -0.05) is 0 Å². The highest BCUT2D eigenvalue weighted by Crippen LogP contribution is 2.65. The summed E-state index contributed by atoms with van der Waals surface area (Å²) in [6, 6.07) is -5.41. The first-order chi connectivity index (χ1) is 8.07. The molecule has 0 aromatic carbocycles. The summed E-state index contributed by atoms with van der Waals surface area (Å²) in [6.45, 7) is 0. The first-order valence-corrected chi connectivity index (χ1v) is 4.06. The van der Waals surface area contributed by atoms with E-state index >= 15 is 0 Å². The van der Waals surface area contributed by atoms with E-state index in [0.29, 0.717) is 0 Å². The second-order valence-electron chi connectivity index (χ2n) is 3.63. The normalized spacial score (nSPS) is 31.4. The topological polar surface area (TPSA) is 3.24 Å². The van der Waals surface area contributed by atoms with E-state index in [0.717, 1.165) is 0 Å². The Bertz CT molecular complexity index is 342. The van der Waals surface area contributed by atoms with Crippen molar-refractivity contribution in [1.29, 1.82) is 0 Å². The van der Waals surface area contributed by atoms with Crippen LogP contribution in [-0.4, -0.2) is 41.0 Å². The summed E-state index contributed by atoms with van der Waals surface area (Å²) in [6.07, 6.45) is 0. The Morgan fingerprint density at radius 2 is 0.789 bits per heavy atom. The molecule has 1 nitrogen and oxygen atoms in total. The molecule has 0 N–H and O–H groups in total. The first-order valence-electron chi connectivity index (χ1n) is 4.06. The number of rotatable bonds is 1. The van der Waals surface area contributed by atoms with Crippen LogP contribution in [0.15, 0.2) is 0 Å². The molecule has 0 heterocycles. The lowest BCUT2D eigenvalue weighted by molar-refractivity contribution is -0.480. The molecule has 0 unspecified atom stereocenters. The van der Waals surface area contributed by atoms with E-state index < -0.39 is 41.0 Å². The van der Waals surface area contributed by atoms with Crippen molar-refractivity contribution in [3.63, 3.8) is 0 Å². The van der Waals surface area contributed by atoms with Crippen LogP contribution in [0.3, 0.4) is 0 Å². The highest BCUT2D eigenvalue weighted by atomic mass is 19.4. The molecular formula is C6HF12N. The van der Waals surface area contributed by atoms with Crippen molar-refractivity contribution in [2.75, 3.05) is 0 Å². The van der Waals surface area contributed by atoms with E-state index in [9.17, 15) is 52.9 Å². The van der Waals surface area contributed by atoms with Crippen LogP contribution in [0.25, 0.3) is 0 Å². The van der Waals surface area contributed by atoms with Gasteiger partial charge in [0.05, 0.1) is 0 Å². The fourth-order valence-electron chi connectivity index (χ4n) is 1.43. The second kappa shape index (κ2) is 3.61. The molecule has 1 saturated carbocycles. The summed E-state index contributed by atoms with van der Waals surface area (Å²) >= 11 is 0. The maximum atomic E-state index is 12.7. The Balaban J connectivity index is 3.65. The lowest BCUT2D eigenvalue weighted by Gasteiger charge is -2.48. The van der Waals surface area contributed by atoms with Gasteiger partial charge < -0.3 is 0 Å². The molecule has 1 rings (SSSR count). The summed E-state index contributed by atoms with van der Waals surface area (Å²) < 4.78 is 149. The predicted molar refractivity (Wildman–Crippen MR) is 32.6 cm³/mol. The third-order valence-electron chi connectivity index (χ3n) is 2.51. The van der Waals surface area contributed by atoms with Crippen LogP contribution in [0.1, 0.15) is 0 Å². The van der Waals surface area contributed by atoms with E-state index in [4.69, 9.17) is 0 Å². The number of halogens is 12. The number of hydrogen-bond donors (Lipinski definition) is 0. The lowest BCUT2D eigenvalue weighted by atomic mass is 9.79. The average molecular weight is 315 g/mol. The molecule has 0 radical (unpaired) electrons. The number of hydrogen-bond acceptors (Lipinski definition) is 1. The Morgan fingerprint density at radius 1 is 0.526 bits per heavy atom. The van der Waals surface area contributed by atoms with Gasteiger partial charge in [-0.3, -0.25) is 0 Å². The molecule has 0 spiro atoms. The number of alkyl halides is 10. The minimum absolute atomic E-state index is 3.34. The van der Waals surface area contributed by atoms with Crippen LogP contribution >= 0.6 is 0 Å². The van der Waals surface area contributed by atoms with Crippen LogP contribution in [0.4, 0.5) is 52.9 Å². The van der Waals surface area contributed by atoms with Crippen molar-refractivity contribution < 1.29 is 52.9 Å². The van der Waals surface area contributed by atoms with E-state index in [-0.39, 0.29) is 0 Å². The van der Waals surface area contributed by atoms with Gasteiger partial charge in [-0.2, -0.15) is 43.9 Å². The van der Waals surface area contributed by atoms with Gasteiger partial charge in [-0.25, -0.2) is 0 Å². The first kappa shape index (κ1) is 16.2. The summed E-state index contributed by atoms with van der Waals surface area (Å²) in [5.41, 5.74) is 0. The molecule has 0 aromatic heterocycles. The second-order valence-corrected chi connectivity index (χ2v) is 3.63. The molecule has 114 valence electrons. The van der Waals surface area contributed by atoms with Crippen LogP contribution in [-0.2, 0) is 0 Å². The van der Waals surface area contributed by atoms with E-state index in [1.165, 1.54) is 0 Å². The van der Waals surface area contributed by atoms with Gasteiger partial charge in [-0.15, -0.1) is 8.96 Å². The monoisotopic (exact) mass is 315 g/mol. The van der Waals surface area contributed by atoms with Crippen molar-refractivity contribution >= 4 is 0 Å². The summed E-state index contributed by atoms with van der Waals surface area (Å²) in [5.74, 6) is -35.0. The molecule has 0 aromatic rings. The number of nitrogens with zero attached hydrogens (tertiary/aromatic N) is 1. The van der Waals surface area contributed by atoms with Gasteiger partial charge in [0.1, 0.15) is 0 Å². The summed E-state index contributed by atoms with van der Waals surface area (Å²) in [5, 5.41) is -3.34. The molecule has 0 bridgehead atoms. The minimum atomic E-state index is -7.22. The molecular weight excluding hydrogens is 314 g/mol. The quantitative estimate of drug-likeness (QED) is 0.528. The summed E-state index contributed by atoms with van der Waals surface area (Å²) in [7, 11) is 0. The van der Waals surface area contributed by atoms with Gasteiger partial charge >= 0.3 is 29.6 Å². The van der Waals surface area contributed by atoms with Crippen molar-refractivity contribution in [2.45, 2.75) is 35.7 Å². The zero-order valence-corrected chi connectivity index (χ0v) is 8.06. The molecule has 0 atom stereocenters. The van der Waals surface area contributed by atoms with Crippen molar-refractivity contribution in [2.24, 2.45) is 0 Å². The van der Waals surface area contributed by atoms with E-state index in [2.05, 4.69) is 0 Å². The molecule has 0 saturated heterocycles. The zero-order valence-electron chi connectivity index (χ0n) is 8.06. The Labute approximate surface area is 95.2 Å². The average Bonchev–Trinajstić information content (AvgIpc) is 2.12. The standard InChI is InChI=1S/C6HF12N/c7-2(8)1(19(17)18)3(9,10)5(13,14)6(15,16)4(2,11)12/h1H. The van der Waals surface area contributed by atoms with Gasteiger partial charge in [0.25, 0.3) is 0 Å². The van der Waals surface area contributed by atoms with Crippen LogP contribution in [0, 0.1) is 0 Å². The predicted octanol–water partition coefficient (Wildman–Crippen LogP) is 3.62. The molecule has 0 amide bonds. The SMILES string of the molecule is FN(F)C1C(F)(F)C(F)(F)C(F)(F)C(F)(F)C1(F)F. The third kappa shape index (κ3) is 1.50. The molecule has 13 heteroatoms. The maximum Gasteiger partial charge on any atom is 0.384 e. The molecule has 1 aliphatic rings. The Kier molecular flexibility index (Phi) is 3.07. The zero-order chi connectivity index (χ0) is 15.7. The van der Waals surface area contributed by atoms with Crippen LogP contribution < -0.4 is 0 Å². The van der Waals surface area contributed by atoms with Gasteiger partial charge in [0, 0.05) is 5.34 Å². The largest absolute Gasteiger partial charge is 0.384 e. The van der Waals surface area contributed by atoms with Gasteiger partial charge in [0.2, 0.25) is 6.04 Å². The van der Waals surface area contributed by atoms with Crippen LogP contribution in [0.5, 0.6) is 0 Å². The van der Waals surface area contributed by atoms with Gasteiger partial charge in [0.15, 0.2) is 0 Å². The Morgan fingerprint density at radius 3 is 1.00 bits per heavy atom. The van der Waals surface area contributed by atoms with Gasteiger partial charge in [-0.05, 0) is 0 Å². The van der Waals surface area contributed by atoms with Crippen LogP contribution in [0.2, 0.25) is 0 Å². The van der Waals surface area contributed by atoms with E-state index in [1.54, 1.807) is 0 Å². The molecule has 0 aliphatic heterocycles.